The highest BCUT2D eigenvalue weighted by Crippen LogP contribution is 2.31. The Morgan fingerprint density at radius 1 is 1.10 bits per heavy atom. The largest absolute Gasteiger partial charge is 0.493 e. The van der Waals surface area contributed by atoms with E-state index in [0.717, 1.165) is 9.13 Å². The van der Waals surface area contributed by atoms with Crippen LogP contribution in [0.4, 0.5) is 0 Å². The molecule has 0 amide bonds. The van der Waals surface area contributed by atoms with E-state index in [1.54, 1.807) is 32.4 Å². The van der Waals surface area contributed by atoms with Crippen LogP contribution in [-0.2, 0) is 11.3 Å². The molecule has 2 aromatic rings. The fourth-order valence-corrected chi connectivity index (χ4v) is 2.45. The highest BCUT2D eigenvalue weighted by molar-refractivity contribution is 14.1. The summed E-state index contributed by atoms with van der Waals surface area (Å²) >= 11 is 2.16. The van der Waals surface area contributed by atoms with Gasteiger partial charge in [0.15, 0.2) is 11.5 Å². The number of para-hydroxylation sites is 1. The smallest absolute Gasteiger partial charge is 0.338 e. The Hall–Kier alpha value is -1.76. The SMILES string of the molecule is COc1cccc(COC(=O)c2cccc(I)c2)c1OC. The van der Waals surface area contributed by atoms with Crippen molar-refractivity contribution in [2.24, 2.45) is 0 Å². The van der Waals surface area contributed by atoms with Crippen molar-refractivity contribution in [1.29, 1.82) is 0 Å². The quantitative estimate of drug-likeness (QED) is 0.570. The Morgan fingerprint density at radius 3 is 2.52 bits per heavy atom. The van der Waals surface area contributed by atoms with Crippen molar-refractivity contribution in [3.8, 4) is 11.5 Å². The molecule has 0 radical (unpaired) electrons. The van der Waals surface area contributed by atoms with Crippen LogP contribution in [0.1, 0.15) is 15.9 Å². The van der Waals surface area contributed by atoms with E-state index >= 15 is 0 Å². The van der Waals surface area contributed by atoms with Gasteiger partial charge in [0.1, 0.15) is 6.61 Å². The molecule has 110 valence electrons. The molecule has 0 saturated carbocycles. The van der Waals surface area contributed by atoms with Crippen LogP contribution in [-0.4, -0.2) is 20.2 Å². The van der Waals surface area contributed by atoms with E-state index in [-0.39, 0.29) is 12.6 Å². The lowest BCUT2D eigenvalue weighted by atomic mass is 10.2. The summed E-state index contributed by atoms with van der Waals surface area (Å²) in [5.74, 6) is 0.828. The summed E-state index contributed by atoms with van der Waals surface area (Å²) in [5.41, 5.74) is 1.29. The van der Waals surface area contributed by atoms with E-state index in [0.29, 0.717) is 17.1 Å². The van der Waals surface area contributed by atoms with Gasteiger partial charge >= 0.3 is 5.97 Å². The third kappa shape index (κ3) is 3.87. The molecular weight excluding hydrogens is 383 g/mol. The summed E-state index contributed by atoms with van der Waals surface area (Å²) in [6.07, 6.45) is 0. The third-order valence-corrected chi connectivity index (χ3v) is 3.57. The first-order valence-electron chi connectivity index (χ1n) is 6.28. The van der Waals surface area contributed by atoms with E-state index in [9.17, 15) is 4.79 Å². The first kappa shape index (κ1) is 15.6. The van der Waals surface area contributed by atoms with Crippen molar-refractivity contribution in [1.82, 2.24) is 0 Å². The van der Waals surface area contributed by atoms with E-state index in [2.05, 4.69) is 22.6 Å². The first-order valence-corrected chi connectivity index (χ1v) is 7.36. The van der Waals surface area contributed by atoms with Crippen molar-refractivity contribution in [2.45, 2.75) is 6.61 Å². The number of halogens is 1. The zero-order valence-corrected chi connectivity index (χ0v) is 13.9. The van der Waals surface area contributed by atoms with Gasteiger partial charge in [0, 0.05) is 9.13 Å². The monoisotopic (exact) mass is 398 g/mol. The van der Waals surface area contributed by atoms with Gasteiger partial charge in [-0.25, -0.2) is 4.79 Å². The molecule has 0 spiro atoms. The number of carbonyl (C=O) groups is 1. The Morgan fingerprint density at radius 2 is 1.86 bits per heavy atom. The van der Waals surface area contributed by atoms with Gasteiger partial charge in [-0.2, -0.15) is 0 Å². The minimum absolute atomic E-state index is 0.130. The fraction of sp³-hybridized carbons (Fsp3) is 0.188. The summed E-state index contributed by atoms with van der Waals surface area (Å²) in [6, 6.07) is 12.7. The van der Waals surface area contributed by atoms with Crippen LogP contribution in [0.15, 0.2) is 42.5 Å². The zero-order chi connectivity index (χ0) is 15.2. The molecule has 2 aromatic carbocycles. The van der Waals surface area contributed by atoms with Gasteiger partial charge in [-0.15, -0.1) is 0 Å². The molecule has 0 aromatic heterocycles. The van der Waals surface area contributed by atoms with E-state index in [4.69, 9.17) is 14.2 Å². The van der Waals surface area contributed by atoms with E-state index < -0.39 is 0 Å². The van der Waals surface area contributed by atoms with Crippen LogP contribution in [0.25, 0.3) is 0 Å². The Labute approximate surface area is 137 Å². The maximum atomic E-state index is 12.0. The normalized spacial score (nSPS) is 10.0. The van der Waals surface area contributed by atoms with Crippen molar-refractivity contribution >= 4 is 28.6 Å². The van der Waals surface area contributed by atoms with Gasteiger partial charge < -0.3 is 14.2 Å². The highest BCUT2D eigenvalue weighted by Gasteiger charge is 2.13. The number of carbonyl (C=O) groups excluding carboxylic acids is 1. The maximum Gasteiger partial charge on any atom is 0.338 e. The fourth-order valence-electron chi connectivity index (χ4n) is 1.91. The Kier molecular flexibility index (Phi) is 5.44. The lowest BCUT2D eigenvalue weighted by Gasteiger charge is -2.12. The second-order valence-electron chi connectivity index (χ2n) is 4.24. The number of ether oxygens (including phenoxy) is 3. The van der Waals surface area contributed by atoms with Gasteiger partial charge in [0.05, 0.1) is 19.8 Å². The van der Waals surface area contributed by atoms with Crippen LogP contribution in [0.2, 0.25) is 0 Å². The van der Waals surface area contributed by atoms with Crippen LogP contribution < -0.4 is 9.47 Å². The molecule has 0 fully saturated rings. The summed E-state index contributed by atoms with van der Waals surface area (Å²) in [4.78, 5) is 12.0. The van der Waals surface area contributed by atoms with E-state index in [1.807, 2.05) is 24.3 Å². The number of hydrogen-bond donors (Lipinski definition) is 0. The standard InChI is InChI=1S/C16H15IO4/c1-19-14-8-4-6-12(15(14)20-2)10-21-16(18)11-5-3-7-13(17)9-11/h3-9H,10H2,1-2H3. The Balaban J connectivity index is 2.11. The van der Waals surface area contributed by atoms with Gasteiger partial charge in [0.25, 0.3) is 0 Å². The number of benzene rings is 2. The minimum Gasteiger partial charge on any atom is -0.493 e. The van der Waals surface area contributed by atoms with Gasteiger partial charge in [-0.05, 0) is 46.9 Å². The van der Waals surface area contributed by atoms with Crippen LogP contribution in [0, 0.1) is 3.57 Å². The predicted molar refractivity (Wildman–Crippen MR) is 87.8 cm³/mol. The van der Waals surface area contributed by atoms with Gasteiger partial charge in [0.2, 0.25) is 0 Å². The van der Waals surface area contributed by atoms with Crippen molar-refractivity contribution in [3.05, 3.63) is 57.2 Å². The molecule has 0 aliphatic carbocycles. The summed E-state index contributed by atoms with van der Waals surface area (Å²) < 4.78 is 16.8. The molecule has 0 aliphatic heterocycles. The topological polar surface area (TPSA) is 44.8 Å². The Bertz CT molecular complexity index is 640. The van der Waals surface area contributed by atoms with Crippen LogP contribution >= 0.6 is 22.6 Å². The lowest BCUT2D eigenvalue weighted by molar-refractivity contribution is 0.0469. The molecule has 4 nitrogen and oxygen atoms in total. The average Bonchev–Trinajstić information content (AvgIpc) is 2.51. The van der Waals surface area contributed by atoms with Crippen LogP contribution in [0.3, 0.4) is 0 Å². The van der Waals surface area contributed by atoms with Gasteiger partial charge in [-0.1, -0.05) is 18.2 Å². The summed E-state index contributed by atoms with van der Waals surface area (Å²) in [5, 5.41) is 0. The van der Waals surface area contributed by atoms with E-state index in [1.165, 1.54) is 0 Å². The molecular formula is C16H15IO4. The molecule has 2 rings (SSSR count). The summed E-state index contributed by atoms with van der Waals surface area (Å²) in [7, 11) is 3.13. The average molecular weight is 398 g/mol. The van der Waals surface area contributed by atoms with Crippen LogP contribution in [0.5, 0.6) is 11.5 Å². The number of hydrogen-bond acceptors (Lipinski definition) is 4. The molecule has 0 heterocycles. The maximum absolute atomic E-state index is 12.0. The highest BCUT2D eigenvalue weighted by atomic mass is 127. The van der Waals surface area contributed by atoms with Crippen molar-refractivity contribution in [2.75, 3.05) is 14.2 Å². The number of rotatable bonds is 5. The molecule has 0 bridgehead atoms. The first-order chi connectivity index (χ1) is 10.2. The van der Waals surface area contributed by atoms with Crippen molar-refractivity contribution in [3.63, 3.8) is 0 Å². The lowest BCUT2D eigenvalue weighted by Crippen LogP contribution is -2.06. The molecule has 0 N–H and O–H groups in total. The molecule has 0 aliphatic rings. The zero-order valence-electron chi connectivity index (χ0n) is 11.8. The third-order valence-electron chi connectivity index (χ3n) is 2.90. The number of esters is 1. The minimum atomic E-state index is -0.363. The van der Waals surface area contributed by atoms with Gasteiger partial charge in [-0.3, -0.25) is 0 Å². The molecule has 21 heavy (non-hydrogen) atoms. The molecule has 0 atom stereocenters. The summed E-state index contributed by atoms with van der Waals surface area (Å²) in [6.45, 7) is 0.130. The second kappa shape index (κ2) is 7.31. The number of methoxy groups -OCH3 is 2. The van der Waals surface area contributed by atoms with Crippen molar-refractivity contribution < 1.29 is 19.0 Å². The predicted octanol–water partition coefficient (Wildman–Crippen LogP) is 3.67. The second-order valence-corrected chi connectivity index (χ2v) is 5.48. The molecule has 0 saturated heterocycles. The molecule has 0 unspecified atom stereocenters. The molecule has 5 heteroatoms.